The highest BCUT2D eigenvalue weighted by Crippen LogP contribution is 2.31. The minimum Gasteiger partial charge on any atom is -0.364 e. The first-order valence-corrected chi connectivity index (χ1v) is 6.24. The third kappa shape index (κ3) is 2.67. The minimum absolute atomic E-state index is 0.657. The van der Waals surface area contributed by atoms with Crippen LogP contribution in [0.5, 0.6) is 0 Å². The highest BCUT2D eigenvalue weighted by molar-refractivity contribution is 8.03. The molecule has 1 heterocycles. The number of rotatable bonds is 2. The van der Waals surface area contributed by atoms with Crippen LogP contribution in [0.25, 0.3) is 0 Å². The van der Waals surface area contributed by atoms with Gasteiger partial charge in [0.05, 0.1) is 5.03 Å². The molecule has 0 aromatic carbocycles. The summed E-state index contributed by atoms with van der Waals surface area (Å²) in [6.07, 6.45) is 2.52. The van der Waals surface area contributed by atoms with Crippen molar-refractivity contribution in [1.82, 2.24) is 4.90 Å². The third-order valence-corrected chi connectivity index (χ3v) is 3.91. The molecule has 0 aromatic rings. The molecule has 0 aliphatic carbocycles. The molecular formula is C11H21NS. The number of thioether (sulfide) groups is 1. The Balaban J connectivity index is 2.78. The molecule has 1 aliphatic rings. The maximum Gasteiger partial charge on any atom is 0.0698 e. The van der Waals surface area contributed by atoms with E-state index in [0.717, 1.165) is 0 Å². The van der Waals surface area contributed by atoms with Crippen LogP contribution in [0, 0.1) is 0 Å². The zero-order valence-corrected chi connectivity index (χ0v) is 10.1. The fraction of sp³-hybridized carbons (Fsp3) is 0.818. The van der Waals surface area contributed by atoms with Crippen molar-refractivity contribution in [1.29, 1.82) is 0 Å². The van der Waals surface area contributed by atoms with Crippen molar-refractivity contribution in [2.75, 3.05) is 12.3 Å². The lowest BCUT2D eigenvalue weighted by atomic mass is 10.2. The Hall–Kier alpha value is -0.110. The van der Waals surface area contributed by atoms with Crippen LogP contribution in [-0.4, -0.2) is 23.2 Å². The van der Waals surface area contributed by atoms with Gasteiger partial charge in [-0.2, -0.15) is 0 Å². The molecular weight excluding hydrogens is 178 g/mol. The molecule has 0 aromatic heterocycles. The number of allylic oxidation sites excluding steroid dienone is 1. The van der Waals surface area contributed by atoms with Gasteiger partial charge in [-0.25, -0.2) is 0 Å². The number of hydrogen-bond acceptors (Lipinski definition) is 2. The number of nitrogens with zero attached hydrogens (tertiary/aromatic N) is 1. The molecule has 0 unspecified atom stereocenters. The van der Waals surface area contributed by atoms with Crippen LogP contribution in [0.4, 0.5) is 0 Å². The molecule has 1 nitrogen and oxygen atoms in total. The average molecular weight is 199 g/mol. The molecule has 0 N–H and O–H groups in total. The summed E-state index contributed by atoms with van der Waals surface area (Å²) < 4.78 is 0. The van der Waals surface area contributed by atoms with Gasteiger partial charge >= 0.3 is 0 Å². The summed E-state index contributed by atoms with van der Waals surface area (Å²) in [5, 5.41) is 1.55. The second-order valence-electron chi connectivity index (χ2n) is 3.93. The summed E-state index contributed by atoms with van der Waals surface area (Å²) in [5.41, 5.74) is 1.55. The Morgan fingerprint density at radius 1 is 1.54 bits per heavy atom. The quantitative estimate of drug-likeness (QED) is 0.670. The van der Waals surface area contributed by atoms with E-state index in [4.69, 9.17) is 0 Å². The SMILES string of the molecule is CC/C(C)=C1\SCCCN1C(C)C. The smallest absolute Gasteiger partial charge is 0.0698 e. The van der Waals surface area contributed by atoms with Crippen LogP contribution >= 0.6 is 11.8 Å². The third-order valence-electron chi connectivity index (χ3n) is 2.56. The van der Waals surface area contributed by atoms with Gasteiger partial charge in [0.2, 0.25) is 0 Å². The van der Waals surface area contributed by atoms with Crippen LogP contribution in [0.1, 0.15) is 40.5 Å². The molecule has 1 aliphatic heterocycles. The van der Waals surface area contributed by atoms with Gasteiger partial charge in [-0.15, -0.1) is 11.8 Å². The summed E-state index contributed by atoms with van der Waals surface area (Å²) in [4.78, 5) is 2.55. The molecule has 76 valence electrons. The van der Waals surface area contributed by atoms with Gasteiger partial charge in [-0.05, 0) is 39.2 Å². The van der Waals surface area contributed by atoms with E-state index in [-0.39, 0.29) is 0 Å². The highest BCUT2D eigenvalue weighted by Gasteiger charge is 2.19. The van der Waals surface area contributed by atoms with Crippen molar-refractivity contribution < 1.29 is 0 Å². The first kappa shape index (κ1) is 11.0. The molecule has 0 radical (unpaired) electrons. The topological polar surface area (TPSA) is 3.24 Å². The van der Waals surface area contributed by atoms with Crippen molar-refractivity contribution in [2.24, 2.45) is 0 Å². The van der Waals surface area contributed by atoms with Crippen LogP contribution in [0.3, 0.4) is 0 Å². The largest absolute Gasteiger partial charge is 0.364 e. The second kappa shape index (κ2) is 4.94. The van der Waals surface area contributed by atoms with E-state index in [2.05, 4.69) is 32.6 Å². The van der Waals surface area contributed by atoms with Gasteiger partial charge in [-0.1, -0.05) is 6.92 Å². The van der Waals surface area contributed by atoms with E-state index in [9.17, 15) is 0 Å². The normalized spacial score (nSPS) is 22.4. The zero-order valence-electron chi connectivity index (χ0n) is 9.26. The predicted molar refractivity (Wildman–Crippen MR) is 61.9 cm³/mol. The predicted octanol–water partition coefficient (Wildman–Crippen LogP) is 3.48. The fourth-order valence-corrected chi connectivity index (χ4v) is 2.93. The van der Waals surface area contributed by atoms with E-state index in [1.165, 1.54) is 25.1 Å². The van der Waals surface area contributed by atoms with E-state index in [1.807, 2.05) is 11.8 Å². The van der Waals surface area contributed by atoms with Crippen LogP contribution in [-0.2, 0) is 0 Å². The molecule has 1 saturated heterocycles. The average Bonchev–Trinajstić information content (AvgIpc) is 2.16. The van der Waals surface area contributed by atoms with Gasteiger partial charge in [0, 0.05) is 18.3 Å². The summed E-state index contributed by atoms with van der Waals surface area (Å²) in [6.45, 7) is 10.3. The number of hydrogen-bond donors (Lipinski definition) is 0. The maximum absolute atomic E-state index is 2.55. The van der Waals surface area contributed by atoms with Gasteiger partial charge in [0.15, 0.2) is 0 Å². The Kier molecular flexibility index (Phi) is 4.17. The second-order valence-corrected chi connectivity index (χ2v) is 5.01. The van der Waals surface area contributed by atoms with Crippen LogP contribution in [0.15, 0.2) is 10.6 Å². The summed E-state index contributed by atoms with van der Waals surface area (Å²) in [7, 11) is 0. The first-order valence-electron chi connectivity index (χ1n) is 5.26. The molecule has 0 saturated carbocycles. The molecule has 0 spiro atoms. The lowest BCUT2D eigenvalue weighted by Gasteiger charge is -2.35. The molecule has 13 heavy (non-hydrogen) atoms. The van der Waals surface area contributed by atoms with Crippen molar-refractivity contribution >= 4 is 11.8 Å². The summed E-state index contributed by atoms with van der Waals surface area (Å²) in [6, 6.07) is 0.657. The molecule has 0 bridgehead atoms. The van der Waals surface area contributed by atoms with Gasteiger partial charge in [0.25, 0.3) is 0 Å². The van der Waals surface area contributed by atoms with Crippen molar-refractivity contribution in [3.8, 4) is 0 Å². The lowest BCUT2D eigenvalue weighted by Crippen LogP contribution is -2.33. The first-order chi connectivity index (χ1) is 6.16. The Labute approximate surface area is 86.6 Å². The summed E-state index contributed by atoms with van der Waals surface area (Å²) >= 11 is 2.04. The zero-order chi connectivity index (χ0) is 9.84. The van der Waals surface area contributed by atoms with Gasteiger partial charge < -0.3 is 4.90 Å². The van der Waals surface area contributed by atoms with E-state index in [0.29, 0.717) is 6.04 Å². The van der Waals surface area contributed by atoms with Crippen LogP contribution < -0.4 is 0 Å². The fourth-order valence-electron chi connectivity index (χ4n) is 1.60. The molecule has 0 amide bonds. The molecule has 1 rings (SSSR count). The van der Waals surface area contributed by atoms with Gasteiger partial charge in [0.1, 0.15) is 0 Å². The van der Waals surface area contributed by atoms with Crippen molar-refractivity contribution in [3.05, 3.63) is 10.6 Å². The van der Waals surface area contributed by atoms with E-state index < -0.39 is 0 Å². The van der Waals surface area contributed by atoms with Crippen LogP contribution in [0.2, 0.25) is 0 Å². The van der Waals surface area contributed by atoms with E-state index >= 15 is 0 Å². The van der Waals surface area contributed by atoms with Gasteiger partial charge in [-0.3, -0.25) is 0 Å². The standard InChI is InChI=1S/C11H21NS/c1-5-10(4)11-12(9(2)3)7-6-8-13-11/h9H,5-8H2,1-4H3/b11-10-. The Bertz CT molecular complexity index is 196. The lowest BCUT2D eigenvalue weighted by molar-refractivity contribution is 0.295. The van der Waals surface area contributed by atoms with Crippen molar-refractivity contribution in [2.45, 2.75) is 46.6 Å². The molecule has 0 atom stereocenters. The van der Waals surface area contributed by atoms with E-state index in [1.54, 1.807) is 10.6 Å². The summed E-state index contributed by atoms with van der Waals surface area (Å²) in [5.74, 6) is 1.30. The van der Waals surface area contributed by atoms with Crippen molar-refractivity contribution in [3.63, 3.8) is 0 Å². The minimum atomic E-state index is 0.657. The highest BCUT2D eigenvalue weighted by atomic mass is 32.2. The molecule has 2 heteroatoms. The Morgan fingerprint density at radius 2 is 2.23 bits per heavy atom. The monoisotopic (exact) mass is 199 g/mol. The maximum atomic E-state index is 2.55. The Morgan fingerprint density at radius 3 is 2.77 bits per heavy atom. The molecule has 1 fully saturated rings.